The van der Waals surface area contributed by atoms with E-state index >= 15 is 0 Å². The van der Waals surface area contributed by atoms with E-state index in [9.17, 15) is 36.9 Å². The van der Waals surface area contributed by atoms with Gasteiger partial charge in [-0.05, 0) is 11.6 Å². The van der Waals surface area contributed by atoms with E-state index in [1.165, 1.54) is 18.2 Å². The number of hydrogen-bond donors (Lipinski definition) is 0. The minimum absolute atomic E-state index is 0.319. The van der Waals surface area contributed by atoms with Crippen LogP contribution in [0.2, 0.25) is 0 Å². The molecule has 0 amide bonds. The number of rotatable bonds is 15. The van der Waals surface area contributed by atoms with E-state index < -0.39 is 92.6 Å². The summed E-state index contributed by atoms with van der Waals surface area (Å²) in [6.07, 6.45) is -7.10. The van der Waals surface area contributed by atoms with E-state index in [-0.39, 0.29) is 5.57 Å². The number of halogens is 3. The van der Waals surface area contributed by atoms with Crippen molar-refractivity contribution in [3.8, 4) is 0 Å². The Morgan fingerprint density at radius 3 is 1.91 bits per heavy atom. The van der Waals surface area contributed by atoms with Crippen molar-refractivity contribution in [2.45, 2.75) is 63.1 Å². The third-order valence-electron chi connectivity index (χ3n) is 6.17. The molecule has 0 N–H and O–H groups in total. The summed E-state index contributed by atoms with van der Waals surface area (Å²) in [5.74, 6) is -6.99. The topological polar surface area (TPSA) is 150 Å². The lowest BCUT2D eigenvalue weighted by atomic mass is 9.91. The van der Waals surface area contributed by atoms with Gasteiger partial charge in [0.2, 0.25) is 5.85 Å². The predicted molar refractivity (Wildman–Crippen MR) is 150 cm³/mol. The molecule has 1 aromatic rings. The van der Waals surface area contributed by atoms with Crippen LogP contribution in [0, 0.1) is 0 Å². The van der Waals surface area contributed by atoms with Crippen molar-refractivity contribution in [1.29, 1.82) is 0 Å². The summed E-state index contributed by atoms with van der Waals surface area (Å²) < 4.78 is 95.2. The molecule has 0 bridgehead atoms. The summed E-state index contributed by atoms with van der Waals surface area (Å²) in [7, 11) is -4.21. The normalized spacial score (nSPS) is 20.4. The van der Waals surface area contributed by atoms with Crippen LogP contribution < -0.4 is 0 Å². The van der Waals surface area contributed by atoms with Gasteiger partial charge in [-0.1, -0.05) is 42.5 Å². The summed E-state index contributed by atoms with van der Waals surface area (Å²) >= 11 is 0. The average Bonchev–Trinajstić information content (AvgIpc) is 2.95. The molecule has 1 aliphatic rings. The fourth-order valence-electron chi connectivity index (χ4n) is 4.47. The second-order valence-electron chi connectivity index (χ2n) is 9.46. The third kappa shape index (κ3) is 9.13. The first-order chi connectivity index (χ1) is 21.1. The lowest BCUT2D eigenvalue weighted by molar-refractivity contribution is -0.277. The van der Waals surface area contributed by atoms with E-state index in [2.05, 4.69) is 13.2 Å². The summed E-state index contributed by atoms with van der Waals surface area (Å²) in [5, 5.41) is 0. The van der Waals surface area contributed by atoms with Crippen LogP contribution >= 0.6 is 7.60 Å². The second-order valence-corrected chi connectivity index (χ2v) is 11.5. The van der Waals surface area contributed by atoms with Crippen LogP contribution in [0.4, 0.5) is 13.2 Å². The summed E-state index contributed by atoms with van der Waals surface area (Å²) in [5.41, 5.74) is -4.71. The molecule has 5 atom stereocenters. The van der Waals surface area contributed by atoms with Crippen LogP contribution in [0.3, 0.4) is 0 Å². The molecule has 0 radical (unpaired) electrons. The lowest BCUT2D eigenvalue weighted by Crippen LogP contribution is -2.53. The predicted octanol–water partition coefficient (Wildman–Crippen LogP) is 4.68. The molecule has 0 aliphatic heterocycles. The molecule has 2 rings (SSSR count). The molecule has 0 unspecified atom stereocenters. The van der Waals surface area contributed by atoms with E-state index in [0.717, 1.165) is 51.1 Å². The van der Waals surface area contributed by atoms with Gasteiger partial charge in [0, 0.05) is 39.9 Å². The van der Waals surface area contributed by atoms with Gasteiger partial charge in [0.1, 0.15) is 6.10 Å². The van der Waals surface area contributed by atoms with Gasteiger partial charge in [-0.15, -0.1) is 13.2 Å². The highest BCUT2D eigenvalue weighted by Gasteiger charge is 2.65. The molecule has 45 heavy (non-hydrogen) atoms. The number of hydrogen-bond acceptors (Lipinski definition) is 12. The zero-order valence-electron chi connectivity index (χ0n) is 24.9. The monoisotopic (exact) mass is 662 g/mol. The maximum atomic E-state index is 14.7. The maximum absolute atomic E-state index is 14.7. The Morgan fingerprint density at radius 2 is 1.47 bits per heavy atom. The van der Waals surface area contributed by atoms with Crippen molar-refractivity contribution in [1.82, 2.24) is 0 Å². The minimum atomic E-state index is -5.42. The number of alkyl halides is 3. The number of benzene rings is 1. The van der Waals surface area contributed by atoms with Gasteiger partial charge in [-0.3, -0.25) is 18.9 Å². The maximum Gasteiger partial charge on any atom is 0.432 e. The lowest BCUT2D eigenvalue weighted by Gasteiger charge is -2.39. The van der Waals surface area contributed by atoms with Crippen molar-refractivity contribution in [2.24, 2.45) is 0 Å². The Bertz CT molecular complexity index is 1310. The first-order valence-corrected chi connectivity index (χ1v) is 14.9. The van der Waals surface area contributed by atoms with Crippen LogP contribution in [-0.4, -0.2) is 74.5 Å². The molecule has 1 aliphatic carbocycles. The molecule has 0 saturated heterocycles. The zero-order valence-corrected chi connectivity index (χ0v) is 25.8. The highest BCUT2D eigenvalue weighted by atomic mass is 31.2. The first-order valence-electron chi connectivity index (χ1n) is 13.3. The Kier molecular flexibility index (Phi) is 13.3. The zero-order chi connectivity index (χ0) is 34.0. The van der Waals surface area contributed by atoms with Crippen LogP contribution in [0.5, 0.6) is 0 Å². The summed E-state index contributed by atoms with van der Waals surface area (Å²) in [6, 6.07) is 5.83. The average molecular weight is 663 g/mol. The highest BCUT2D eigenvalue weighted by Crippen LogP contribution is 2.58. The molecule has 248 valence electrons. The van der Waals surface area contributed by atoms with Crippen LogP contribution in [0.1, 0.15) is 32.8 Å². The quantitative estimate of drug-likeness (QED) is 0.111. The van der Waals surface area contributed by atoms with Crippen LogP contribution in [0.25, 0.3) is 0 Å². The van der Waals surface area contributed by atoms with Gasteiger partial charge in [0.25, 0.3) is 5.60 Å². The molecule has 12 nitrogen and oxygen atoms in total. The number of carbonyl (C=O) groups excluding carboxylic acids is 4. The fraction of sp³-hybridized carbons (Fsp3) is 0.448. The number of esters is 4. The van der Waals surface area contributed by atoms with Crippen LogP contribution in [0.15, 0.2) is 67.3 Å². The Hall–Kier alpha value is -3.78. The van der Waals surface area contributed by atoms with E-state index in [1.807, 2.05) is 0 Å². The Labute approximate surface area is 257 Å². The van der Waals surface area contributed by atoms with Crippen LogP contribution in [-0.2, 0) is 62.1 Å². The van der Waals surface area contributed by atoms with E-state index in [1.54, 1.807) is 0 Å². The fourth-order valence-corrected chi connectivity index (χ4v) is 6.26. The molecule has 0 fully saturated rings. The smallest absolute Gasteiger partial charge is 0.432 e. The Morgan fingerprint density at radius 1 is 0.933 bits per heavy atom. The molecular weight excluding hydrogens is 628 g/mol. The number of carbonyl (C=O) groups is 4. The van der Waals surface area contributed by atoms with Gasteiger partial charge in [-0.25, -0.2) is 4.79 Å². The van der Waals surface area contributed by atoms with Crippen molar-refractivity contribution in [3.63, 3.8) is 0 Å². The molecule has 0 aromatic heterocycles. The van der Waals surface area contributed by atoms with E-state index in [4.69, 9.17) is 32.7 Å². The van der Waals surface area contributed by atoms with Crippen molar-refractivity contribution >= 4 is 31.5 Å². The number of methoxy groups -OCH3 is 1. The first kappa shape index (κ1) is 37.4. The Balaban J connectivity index is 2.86. The van der Waals surface area contributed by atoms with Gasteiger partial charge >= 0.3 is 37.6 Å². The molecule has 0 saturated carbocycles. The third-order valence-corrected chi connectivity index (χ3v) is 8.20. The molecular formula is C29H34F3O12P. The molecule has 0 spiro atoms. The second kappa shape index (κ2) is 16.0. The minimum Gasteiger partial charge on any atom is -0.458 e. The molecule has 0 heterocycles. The van der Waals surface area contributed by atoms with Gasteiger partial charge in [-0.2, -0.15) is 13.2 Å². The SMILES string of the molecule is C=CCOP(=O)(OCC=C)[C@@H](OC(=O)[C@@](OC)(c1ccccc1)C(F)(F)F)C1=C[C@@H](OC(C)=O)[C@H](OC(C)=O)[C@H](OC(C)=O)C1. The molecule has 16 heteroatoms. The van der Waals surface area contributed by atoms with Crippen molar-refractivity contribution in [2.75, 3.05) is 20.3 Å². The largest absolute Gasteiger partial charge is 0.458 e. The highest BCUT2D eigenvalue weighted by molar-refractivity contribution is 7.54. The van der Waals surface area contributed by atoms with Crippen molar-refractivity contribution in [3.05, 3.63) is 72.9 Å². The van der Waals surface area contributed by atoms with Gasteiger partial charge < -0.3 is 32.7 Å². The molecule has 1 aromatic carbocycles. The summed E-state index contributed by atoms with van der Waals surface area (Å²) in [6.45, 7) is 8.99. The van der Waals surface area contributed by atoms with Gasteiger partial charge in [0.15, 0.2) is 12.2 Å². The van der Waals surface area contributed by atoms with Gasteiger partial charge in [0.05, 0.1) is 13.2 Å². The van der Waals surface area contributed by atoms with E-state index in [0.29, 0.717) is 7.11 Å². The van der Waals surface area contributed by atoms with Crippen molar-refractivity contribution < 1.29 is 69.6 Å². The summed E-state index contributed by atoms with van der Waals surface area (Å²) in [4.78, 5) is 49.6. The standard InChI is InChI=1S/C29H34F3O12P/c1-7-14-39-45(37,40-15-8-2)26(44-27(36)28(38-6,29(30,31)32)22-12-10-9-11-13-22)21-16-23(41-18(3)33)25(43-20(5)35)24(17-21)42-19(4)34/h7-13,16,23-26H,1-2,14-15,17H2,3-6H3/t23-,24-,25+,26-,28+/m1/s1. The number of ether oxygens (including phenoxy) is 5.